The zero-order chi connectivity index (χ0) is 15.6. The molecule has 1 heterocycles. The predicted molar refractivity (Wildman–Crippen MR) is 82.4 cm³/mol. The van der Waals surface area contributed by atoms with E-state index in [2.05, 4.69) is 21.1 Å². The van der Waals surface area contributed by atoms with E-state index >= 15 is 0 Å². The lowest BCUT2D eigenvalue weighted by atomic mass is 10.1. The van der Waals surface area contributed by atoms with Crippen molar-refractivity contribution in [3.05, 3.63) is 40.6 Å². The van der Waals surface area contributed by atoms with Gasteiger partial charge in [-0.3, -0.25) is 0 Å². The van der Waals surface area contributed by atoms with Gasteiger partial charge in [0.2, 0.25) is 0 Å². The number of carbonyl (C=O) groups is 1. The molecule has 112 valence electrons. The highest BCUT2D eigenvalue weighted by Crippen LogP contribution is 2.29. The average Bonchev–Trinajstić information content (AvgIpc) is 2.85. The van der Waals surface area contributed by atoms with Gasteiger partial charge in [0, 0.05) is 16.1 Å². The van der Waals surface area contributed by atoms with Crippen molar-refractivity contribution in [2.75, 3.05) is 0 Å². The molecule has 2 aromatic rings. The first kappa shape index (κ1) is 15.7. The molecule has 21 heavy (non-hydrogen) atoms. The number of rotatable bonds is 3. The number of aromatic nitrogens is 1. The van der Waals surface area contributed by atoms with Crippen molar-refractivity contribution in [2.45, 2.75) is 32.4 Å². The Hall–Kier alpha value is -1.66. The molecule has 0 radical (unpaired) electrons. The fourth-order valence-electron chi connectivity index (χ4n) is 1.71. The van der Waals surface area contributed by atoms with Crippen LogP contribution in [0, 0.1) is 0 Å². The molecule has 0 aliphatic rings. The first-order valence-electron chi connectivity index (χ1n) is 6.48. The molecule has 0 bridgehead atoms. The highest BCUT2D eigenvalue weighted by Gasteiger charge is 2.27. The first-order chi connectivity index (χ1) is 9.78. The standard InChI is InChI=1S/C15H17BrN2O3/c1-15(2,3)20-14(19)13(17)12-8-11(18-21-12)9-6-4-5-7-10(9)16/h4-8,13H,17H2,1-3H3. The van der Waals surface area contributed by atoms with Crippen molar-refractivity contribution in [3.8, 4) is 11.3 Å². The van der Waals surface area contributed by atoms with Crippen LogP contribution in [0.25, 0.3) is 11.3 Å². The van der Waals surface area contributed by atoms with Gasteiger partial charge in [-0.05, 0) is 26.8 Å². The largest absolute Gasteiger partial charge is 0.458 e. The van der Waals surface area contributed by atoms with E-state index in [1.165, 1.54) is 0 Å². The van der Waals surface area contributed by atoms with Crippen molar-refractivity contribution < 1.29 is 14.1 Å². The Kier molecular flexibility index (Phi) is 4.49. The van der Waals surface area contributed by atoms with E-state index in [9.17, 15) is 4.79 Å². The number of nitrogens with two attached hydrogens (primary N) is 1. The second-order valence-electron chi connectivity index (χ2n) is 5.61. The predicted octanol–water partition coefficient (Wildman–Crippen LogP) is 3.45. The summed E-state index contributed by atoms with van der Waals surface area (Å²) in [6, 6.07) is 8.24. The summed E-state index contributed by atoms with van der Waals surface area (Å²) in [5.41, 5.74) is 6.73. The number of hydrogen-bond donors (Lipinski definition) is 1. The van der Waals surface area contributed by atoms with Crippen LogP contribution in [-0.4, -0.2) is 16.7 Å². The van der Waals surface area contributed by atoms with Gasteiger partial charge in [0.05, 0.1) is 0 Å². The van der Waals surface area contributed by atoms with E-state index in [1.807, 2.05) is 24.3 Å². The lowest BCUT2D eigenvalue weighted by molar-refractivity contribution is -0.157. The highest BCUT2D eigenvalue weighted by molar-refractivity contribution is 9.10. The summed E-state index contributed by atoms with van der Waals surface area (Å²) in [7, 11) is 0. The SMILES string of the molecule is CC(C)(C)OC(=O)C(N)c1cc(-c2ccccc2Br)no1. The first-order valence-corrected chi connectivity index (χ1v) is 7.27. The van der Waals surface area contributed by atoms with Crippen LogP contribution in [-0.2, 0) is 9.53 Å². The minimum atomic E-state index is -0.993. The Bertz CT molecular complexity index is 646. The summed E-state index contributed by atoms with van der Waals surface area (Å²) in [6.45, 7) is 5.35. The Morgan fingerprint density at radius 2 is 2.05 bits per heavy atom. The van der Waals surface area contributed by atoms with Crippen LogP contribution in [0.15, 0.2) is 39.3 Å². The molecule has 0 saturated carbocycles. The monoisotopic (exact) mass is 352 g/mol. The summed E-state index contributed by atoms with van der Waals surface area (Å²) in [5.74, 6) is -0.271. The molecule has 1 atom stereocenters. The number of ether oxygens (including phenoxy) is 1. The molecular weight excluding hydrogens is 336 g/mol. The van der Waals surface area contributed by atoms with Crippen LogP contribution in [0.4, 0.5) is 0 Å². The van der Waals surface area contributed by atoms with Crippen LogP contribution in [0.2, 0.25) is 0 Å². The van der Waals surface area contributed by atoms with E-state index < -0.39 is 17.6 Å². The van der Waals surface area contributed by atoms with E-state index in [4.69, 9.17) is 15.0 Å². The van der Waals surface area contributed by atoms with E-state index in [0.717, 1.165) is 10.0 Å². The van der Waals surface area contributed by atoms with Crippen molar-refractivity contribution in [1.82, 2.24) is 5.16 Å². The number of nitrogens with zero attached hydrogens (tertiary/aromatic N) is 1. The van der Waals surface area contributed by atoms with Crippen molar-refractivity contribution in [1.29, 1.82) is 0 Å². The molecule has 1 aromatic heterocycles. The molecule has 5 nitrogen and oxygen atoms in total. The molecule has 0 saturated heterocycles. The number of esters is 1. The van der Waals surface area contributed by atoms with Gasteiger partial charge in [-0.1, -0.05) is 39.3 Å². The van der Waals surface area contributed by atoms with Gasteiger partial charge in [-0.2, -0.15) is 0 Å². The van der Waals surface area contributed by atoms with Crippen LogP contribution >= 0.6 is 15.9 Å². The molecule has 0 fully saturated rings. The van der Waals surface area contributed by atoms with Crippen LogP contribution in [0.3, 0.4) is 0 Å². The van der Waals surface area contributed by atoms with Gasteiger partial charge >= 0.3 is 5.97 Å². The fraction of sp³-hybridized carbons (Fsp3) is 0.333. The Labute approximate surface area is 131 Å². The Balaban J connectivity index is 2.20. The van der Waals surface area contributed by atoms with Crippen LogP contribution in [0.5, 0.6) is 0 Å². The summed E-state index contributed by atoms with van der Waals surface area (Å²) in [4.78, 5) is 11.9. The van der Waals surface area contributed by atoms with E-state index in [1.54, 1.807) is 26.8 Å². The maximum absolute atomic E-state index is 11.9. The zero-order valence-electron chi connectivity index (χ0n) is 12.1. The van der Waals surface area contributed by atoms with Gasteiger partial charge in [0.1, 0.15) is 11.3 Å². The van der Waals surface area contributed by atoms with Gasteiger partial charge in [0.25, 0.3) is 0 Å². The zero-order valence-corrected chi connectivity index (χ0v) is 13.7. The fourth-order valence-corrected chi connectivity index (χ4v) is 2.20. The van der Waals surface area contributed by atoms with E-state index in [-0.39, 0.29) is 5.76 Å². The van der Waals surface area contributed by atoms with Crippen LogP contribution < -0.4 is 5.73 Å². The maximum Gasteiger partial charge on any atom is 0.331 e. The average molecular weight is 353 g/mol. The number of carbonyl (C=O) groups excluding carboxylic acids is 1. The Morgan fingerprint density at radius 1 is 1.38 bits per heavy atom. The Morgan fingerprint density at radius 3 is 2.67 bits per heavy atom. The second-order valence-corrected chi connectivity index (χ2v) is 6.46. The molecule has 1 unspecified atom stereocenters. The molecule has 0 amide bonds. The normalized spacial score (nSPS) is 13.0. The molecule has 0 aliphatic carbocycles. The van der Waals surface area contributed by atoms with Gasteiger partial charge in [-0.15, -0.1) is 0 Å². The molecule has 1 aromatic carbocycles. The summed E-state index contributed by atoms with van der Waals surface area (Å²) in [5, 5.41) is 3.95. The summed E-state index contributed by atoms with van der Waals surface area (Å²) < 4.78 is 11.3. The van der Waals surface area contributed by atoms with Crippen molar-refractivity contribution in [3.63, 3.8) is 0 Å². The minimum Gasteiger partial charge on any atom is -0.458 e. The number of benzene rings is 1. The molecule has 2 rings (SSSR count). The lowest BCUT2D eigenvalue weighted by Gasteiger charge is -2.21. The summed E-state index contributed by atoms with van der Waals surface area (Å²) >= 11 is 3.44. The summed E-state index contributed by atoms with van der Waals surface area (Å²) in [6.07, 6.45) is 0. The molecule has 0 spiro atoms. The van der Waals surface area contributed by atoms with Crippen molar-refractivity contribution in [2.24, 2.45) is 5.73 Å². The van der Waals surface area contributed by atoms with Gasteiger partial charge < -0.3 is 15.0 Å². The molecule has 6 heteroatoms. The van der Waals surface area contributed by atoms with Crippen LogP contribution in [0.1, 0.15) is 32.6 Å². The maximum atomic E-state index is 11.9. The van der Waals surface area contributed by atoms with Gasteiger partial charge in [-0.25, -0.2) is 4.79 Å². The van der Waals surface area contributed by atoms with Gasteiger partial charge in [0.15, 0.2) is 11.8 Å². The second kappa shape index (κ2) is 5.99. The molecule has 2 N–H and O–H groups in total. The number of halogens is 1. The minimum absolute atomic E-state index is 0.273. The van der Waals surface area contributed by atoms with E-state index in [0.29, 0.717) is 5.69 Å². The number of hydrogen-bond acceptors (Lipinski definition) is 5. The van der Waals surface area contributed by atoms with Crippen molar-refractivity contribution >= 4 is 21.9 Å². The smallest absolute Gasteiger partial charge is 0.331 e. The topological polar surface area (TPSA) is 78.4 Å². The molecular formula is C15H17BrN2O3. The third-order valence-corrected chi connectivity index (χ3v) is 3.34. The third-order valence-electron chi connectivity index (χ3n) is 2.65. The lowest BCUT2D eigenvalue weighted by Crippen LogP contribution is -2.31. The quantitative estimate of drug-likeness (QED) is 0.855. The highest BCUT2D eigenvalue weighted by atomic mass is 79.9. The molecule has 0 aliphatic heterocycles. The third kappa shape index (κ3) is 3.92.